The predicted octanol–water partition coefficient (Wildman–Crippen LogP) is 3.21. The molecule has 0 bridgehead atoms. The lowest BCUT2D eigenvalue weighted by Gasteiger charge is -2.17. The Balaban J connectivity index is 2.37. The molecule has 1 fully saturated rings. The fraction of sp³-hybridized carbons (Fsp3) is 0.389. The molecule has 0 atom stereocenters. The Bertz CT molecular complexity index is 783. The SMILES string of the molecule is CCOc1c(C)cc(/C(C)=C2\SC(=S)N(CC(=O)N(C)C)C2=O)cc1F. The number of carbonyl (C=O) groups is 2. The van der Waals surface area contributed by atoms with Gasteiger partial charge in [0.05, 0.1) is 11.5 Å². The summed E-state index contributed by atoms with van der Waals surface area (Å²) in [5, 5.41) is 0. The van der Waals surface area contributed by atoms with E-state index in [1.807, 2.05) is 0 Å². The number of benzene rings is 1. The van der Waals surface area contributed by atoms with E-state index in [0.29, 0.717) is 32.5 Å². The van der Waals surface area contributed by atoms with E-state index in [2.05, 4.69) is 0 Å². The van der Waals surface area contributed by atoms with Crippen LogP contribution in [0.15, 0.2) is 17.0 Å². The standard InChI is InChI=1S/C18H21FN2O3S2/c1-6-24-15-10(2)7-12(8-13(15)19)11(3)16-17(23)21(18(25)26-16)9-14(22)20(4)5/h7-8H,6,9H2,1-5H3/b16-11-. The molecule has 8 heteroatoms. The molecule has 5 nitrogen and oxygen atoms in total. The molecule has 0 saturated carbocycles. The van der Waals surface area contributed by atoms with Gasteiger partial charge in [-0.25, -0.2) is 4.39 Å². The minimum atomic E-state index is -0.473. The summed E-state index contributed by atoms with van der Waals surface area (Å²) in [4.78, 5) is 27.7. The summed E-state index contributed by atoms with van der Waals surface area (Å²) in [6, 6.07) is 3.13. The molecule has 2 rings (SSSR count). The zero-order chi connectivity index (χ0) is 19.6. The minimum absolute atomic E-state index is 0.106. The van der Waals surface area contributed by atoms with Gasteiger partial charge in [0.2, 0.25) is 5.91 Å². The summed E-state index contributed by atoms with van der Waals surface area (Å²) in [6.45, 7) is 5.55. The average Bonchev–Trinajstić information content (AvgIpc) is 2.85. The van der Waals surface area contributed by atoms with E-state index < -0.39 is 5.82 Å². The molecule has 0 aromatic heterocycles. The second-order valence-electron chi connectivity index (χ2n) is 6.04. The number of rotatable bonds is 5. The Morgan fingerprint density at radius 3 is 2.58 bits per heavy atom. The van der Waals surface area contributed by atoms with Crippen LogP contribution in [0, 0.1) is 12.7 Å². The highest BCUT2D eigenvalue weighted by molar-refractivity contribution is 8.26. The van der Waals surface area contributed by atoms with E-state index in [-0.39, 0.29) is 24.1 Å². The van der Waals surface area contributed by atoms with E-state index in [9.17, 15) is 14.0 Å². The number of thioether (sulfide) groups is 1. The van der Waals surface area contributed by atoms with Crippen LogP contribution in [0.5, 0.6) is 5.75 Å². The minimum Gasteiger partial charge on any atom is -0.491 e. The van der Waals surface area contributed by atoms with Crippen molar-refractivity contribution in [3.05, 3.63) is 34.0 Å². The maximum absolute atomic E-state index is 14.3. The summed E-state index contributed by atoms with van der Waals surface area (Å²) >= 11 is 6.37. The second-order valence-corrected chi connectivity index (χ2v) is 7.68. The molecule has 0 aliphatic carbocycles. The van der Waals surface area contributed by atoms with E-state index in [1.165, 1.54) is 15.9 Å². The molecule has 140 valence electrons. The molecule has 1 aliphatic rings. The quantitative estimate of drug-likeness (QED) is 0.565. The van der Waals surface area contributed by atoms with Crippen molar-refractivity contribution in [3.8, 4) is 5.75 Å². The first-order chi connectivity index (χ1) is 12.2. The summed E-state index contributed by atoms with van der Waals surface area (Å²) in [5.74, 6) is -0.810. The number of ether oxygens (including phenoxy) is 1. The molecule has 0 spiro atoms. The van der Waals surface area contributed by atoms with Crippen molar-refractivity contribution in [1.82, 2.24) is 9.80 Å². The molecule has 0 unspecified atom stereocenters. The highest BCUT2D eigenvalue weighted by atomic mass is 32.2. The third-order valence-electron chi connectivity index (χ3n) is 3.93. The Labute approximate surface area is 162 Å². The van der Waals surface area contributed by atoms with Gasteiger partial charge >= 0.3 is 0 Å². The molecule has 1 aromatic rings. The van der Waals surface area contributed by atoms with Gasteiger partial charge in [-0.05, 0) is 49.6 Å². The summed E-state index contributed by atoms with van der Waals surface area (Å²) in [6.07, 6.45) is 0. The van der Waals surface area contributed by atoms with E-state index in [0.717, 1.165) is 11.8 Å². The molecular weight excluding hydrogens is 375 g/mol. The lowest BCUT2D eigenvalue weighted by molar-refractivity contribution is -0.133. The van der Waals surface area contributed by atoms with Crippen LogP contribution >= 0.6 is 24.0 Å². The van der Waals surface area contributed by atoms with Crippen LogP contribution in [-0.4, -0.2) is 53.2 Å². The summed E-state index contributed by atoms with van der Waals surface area (Å²) in [5.41, 5.74) is 1.86. The van der Waals surface area contributed by atoms with Gasteiger partial charge in [0.15, 0.2) is 11.6 Å². The Hall–Kier alpha value is -1.93. The first-order valence-corrected chi connectivity index (χ1v) is 9.27. The topological polar surface area (TPSA) is 49.9 Å². The van der Waals surface area contributed by atoms with Crippen LogP contribution in [-0.2, 0) is 9.59 Å². The number of amides is 2. The smallest absolute Gasteiger partial charge is 0.266 e. The normalized spacial score (nSPS) is 16.2. The van der Waals surface area contributed by atoms with E-state index in [4.69, 9.17) is 17.0 Å². The molecular formula is C18H21FN2O3S2. The Morgan fingerprint density at radius 2 is 2.04 bits per heavy atom. The number of carbonyl (C=O) groups excluding carboxylic acids is 2. The lowest BCUT2D eigenvalue weighted by Crippen LogP contribution is -2.38. The summed E-state index contributed by atoms with van der Waals surface area (Å²) in [7, 11) is 3.24. The van der Waals surface area contributed by atoms with Crippen LogP contribution in [0.25, 0.3) is 5.57 Å². The van der Waals surface area contributed by atoms with Gasteiger partial charge in [0, 0.05) is 14.1 Å². The molecule has 0 N–H and O–H groups in total. The molecule has 1 saturated heterocycles. The van der Waals surface area contributed by atoms with Crippen molar-refractivity contribution in [1.29, 1.82) is 0 Å². The van der Waals surface area contributed by atoms with Gasteiger partial charge in [0.25, 0.3) is 5.91 Å². The number of likely N-dealkylation sites (N-methyl/N-ethyl adjacent to an activating group) is 1. The van der Waals surface area contributed by atoms with Crippen molar-refractivity contribution in [2.45, 2.75) is 20.8 Å². The number of hydrogen-bond donors (Lipinski definition) is 0. The maximum atomic E-state index is 14.3. The van der Waals surface area contributed by atoms with Gasteiger partial charge in [-0.15, -0.1) is 0 Å². The number of thiocarbonyl (C=S) groups is 1. The van der Waals surface area contributed by atoms with Gasteiger partial charge in [-0.2, -0.15) is 0 Å². The molecule has 26 heavy (non-hydrogen) atoms. The number of halogens is 1. The van der Waals surface area contributed by atoms with Gasteiger partial charge in [0.1, 0.15) is 10.9 Å². The van der Waals surface area contributed by atoms with Crippen molar-refractivity contribution in [3.63, 3.8) is 0 Å². The van der Waals surface area contributed by atoms with Crippen molar-refractivity contribution < 1.29 is 18.7 Å². The number of hydrogen-bond acceptors (Lipinski definition) is 5. The van der Waals surface area contributed by atoms with E-state index >= 15 is 0 Å². The lowest BCUT2D eigenvalue weighted by atomic mass is 10.0. The third kappa shape index (κ3) is 4.07. The van der Waals surface area contributed by atoms with Gasteiger partial charge < -0.3 is 9.64 Å². The number of nitrogens with zero attached hydrogens (tertiary/aromatic N) is 2. The molecule has 1 heterocycles. The van der Waals surface area contributed by atoms with Crippen molar-refractivity contribution in [2.24, 2.45) is 0 Å². The molecule has 1 aromatic carbocycles. The maximum Gasteiger partial charge on any atom is 0.266 e. The molecule has 2 amide bonds. The average molecular weight is 397 g/mol. The zero-order valence-corrected chi connectivity index (χ0v) is 17.0. The molecule has 0 radical (unpaired) electrons. The van der Waals surface area contributed by atoms with Gasteiger partial charge in [-0.1, -0.05) is 24.0 Å². The van der Waals surface area contributed by atoms with Crippen LogP contribution in [0.4, 0.5) is 4.39 Å². The number of aryl methyl sites for hydroxylation is 1. The Morgan fingerprint density at radius 1 is 1.38 bits per heavy atom. The monoisotopic (exact) mass is 396 g/mol. The number of allylic oxidation sites excluding steroid dienone is 1. The van der Waals surface area contributed by atoms with Crippen LogP contribution in [0.3, 0.4) is 0 Å². The highest BCUT2D eigenvalue weighted by Crippen LogP contribution is 2.38. The predicted molar refractivity (Wildman–Crippen MR) is 105 cm³/mol. The van der Waals surface area contributed by atoms with Crippen molar-refractivity contribution >= 4 is 45.7 Å². The van der Waals surface area contributed by atoms with Crippen molar-refractivity contribution in [2.75, 3.05) is 27.2 Å². The third-order valence-corrected chi connectivity index (χ3v) is 5.48. The fourth-order valence-corrected chi connectivity index (χ4v) is 3.75. The van der Waals surface area contributed by atoms with E-state index in [1.54, 1.807) is 40.9 Å². The molecule has 1 aliphatic heterocycles. The first kappa shape index (κ1) is 20.4. The summed E-state index contributed by atoms with van der Waals surface area (Å²) < 4.78 is 20.0. The van der Waals surface area contributed by atoms with Crippen LogP contribution in [0.1, 0.15) is 25.0 Å². The fourth-order valence-electron chi connectivity index (χ4n) is 2.45. The second kappa shape index (κ2) is 8.18. The zero-order valence-electron chi connectivity index (χ0n) is 15.4. The first-order valence-electron chi connectivity index (χ1n) is 8.05. The van der Waals surface area contributed by atoms with Crippen LogP contribution in [0.2, 0.25) is 0 Å². The largest absolute Gasteiger partial charge is 0.491 e. The Kier molecular flexibility index (Phi) is 6.41. The van der Waals surface area contributed by atoms with Gasteiger partial charge in [-0.3, -0.25) is 14.5 Å². The van der Waals surface area contributed by atoms with Crippen LogP contribution < -0.4 is 4.74 Å². The highest BCUT2D eigenvalue weighted by Gasteiger charge is 2.35.